The van der Waals surface area contributed by atoms with Gasteiger partial charge in [-0.3, -0.25) is 0 Å². The van der Waals surface area contributed by atoms with Crippen molar-refractivity contribution in [1.82, 2.24) is 0 Å². The molecule has 94 valence electrons. The van der Waals surface area contributed by atoms with Gasteiger partial charge in [0.1, 0.15) is 6.61 Å². The maximum atomic E-state index is 11.4. The molecule has 5 nitrogen and oxygen atoms in total. The summed E-state index contributed by atoms with van der Waals surface area (Å²) in [6, 6.07) is 4.39. The summed E-state index contributed by atoms with van der Waals surface area (Å²) in [6.07, 6.45) is 0. The van der Waals surface area contributed by atoms with E-state index in [4.69, 9.17) is 14.2 Å². The van der Waals surface area contributed by atoms with Crippen LogP contribution in [0.4, 0.5) is 0 Å². The number of ether oxygens (including phenoxy) is 3. The van der Waals surface area contributed by atoms with E-state index in [1.165, 1.54) is 12.1 Å². The monoisotopic (exact) mass is 240 g/mol. The summed E-state index contributed by atoms with van der Waals surface area (Å²) in [6.45, 7) is 2.79. The number of phenols is 1. The maximum absolute atomic E-state index is 11.4. The average molecular weight is 240 g/mol. The van der Waals surface area contributed by atoms with Crippen LogP contribution in [-0.2, 0) is 9.47 Å². The van der Waals surface area contributed by atoms with Crippen LogP contribution in [0.1, 0.15) is 17.3 Å². The van der Waals surface area contributed by atoms with Crippen LogP contribution < -0.4 is 4.74 Å². The maximum Gasteiger partial charge on any atom is 0.338 e. The molecular formula is C12H16O5. The van der Waals surface area contributed by atoms with Crippen molar-refractivity contribution in [3.05, 3.63) is 23.8 Å². The fourth-order valence-corrected chi connectivity index (χ4v) is 1.22. The van der Waals surface area contributed by atoms with Gasteiger partial charge >= 0.3 is 5.97 Å². The smallest absolute Gasteiger partial charge is 0.338 e. The van der Waals surface area contributed by atoms with Crippen molar-refractivity contribution in [2.24, 2.45) is 0 Å². The van der Waals surface area contributed by atoms with Crippen molar-refractivity contribution in [3.8, 4) is 11.5 Å². The van der Waals surface area contributed by atoms with E-state index in [-0.39, 0.29) is 5.75 Å². The highest BCUT2D eigenvalue weighted by Gasteiger charge is 2.10. The van der Waals surface area contributed by atoms with Gasteiger partial charge < -0.3 is 19.3 Å². The van der Waals surface area contributed by atoms with E-state index < -0.39 is 5.97 Å². The SMILES string of the molecule is CCOC(=O)c1ccc(OCCOC)c(O)c1. The van der Waals surface area contributed by atoms with Crippen LogP contribution >= 0.6 is 0 Å². The Balaban J connectivity index is 2.68. The predicted octanol–water partition coefficient (Wildman–Crippen LogP) is 1.59. The second-order valence-corrected chi connectivity index (χ2v) is 3.24. The van der Waals surface area contributed by atoms with Crippen LogP contribution in [0.3, 0.4) is 0 Å². The summed E-state index contributed by atoms with van der Waals surface area (Å²) in [5.41, 5.74) is 0.295. The van der Waals surface area contributed by atoms with Crippen LogP contribution in [-0.4, -0.2) is 38.0 Å². The number of carbonyl (C=O) groups excluding carboxylic acids is 1. The van der Waals surface area contributed by atoms with E-state index in [2.05, 4.69) is 0 Å². The van der Waals surface area contributed by atoms with Gasteiger partial charge in [-0.05, 0) is 25.1 Å². The molecule has 0 saturated carbocycles. The number of hydrogen-bond acceptors (Lipinski definition) is 5. The van der Waals surface area contributed by atoms with Gasteiger partial charge in [0.15, 0.2) is 11.5 Å². The highest BCUT2D eigenvalue weighted by atomic mass is 16.5. The molecule has 0 aliphatic heterocycles. The van der Waals surface area contributed by atoms with Crippen molar-refractivity contribution in [2.75, 3.05) is 26.9 Å². The molecule has 0 aliphatic carbocycles. The Labute approximate surface area is 99.9 Å². The van der Waals surface area contributed by atoms with Crippen molar-refractivity contribution in [1.29, 1.82) is 0 Å². The van der Waals surface area contributed by atoms with Crippen LogP contribution in [0.2, 0.25) is 0 Å². The minimum absolute atomic E-state index is 0.0911. The van der Waals surface area contributed by atoms with Gasteiger partial charge in [-0.1, -0.05) is 0 Å². The molecule has 0 amide bonds. The van der Waals surface area contributed by atoms with Crippen molar-refractivity contribution < 1.29 is 24.1 Å². The molecule has 1 N–H and O–H groups in total. The first-order valence-electron chi connectivity index (χ1n) is 5.31. The van der Waals surface area contributed by atoms with Crippen molar-refractivity contribution in [2.45, 2.75) is 6.92 Å². The zero-order valence-electron chi connectivity index (χ0n) is 9.93. The molecule has 0 spiro atoms. The normalized spacial score (nSPS) is 10.0. The van der Waals surface area contributed by atoms with Crippen molar-refractivity contribution >= 4 is 5.97 Å². The van der Waals surface area contributed by atoms with Gasteiger partial charge in [-0.25, -0.2) is 4.79 Å². The van der Waals surface area contributed by atoms with Gasteiger partial charge in [0.2, 0.25) is 0 Å². The largest absolute Gasteiger partial charge is 0.504 e. The minimum atomic E-state index is -0.466. The third-order valence-electron chi connectivity index (χ3n) is 2.02. The summed E-state index contributed by atoms with van der Waals surface area (Å²) < 4.78 is 14.9. The summed E-state index contributed by atoms with van der Waals surface area (Å²) in [5, 5.41) is 9.63. The summed E-state index contributed by atoms with van der Waals surface area (Å²) in [4.78, 5) is 11.4. The number of methoxy groups -OCH3 is 1. The first-order chi connectivity index (χ1) is 8.19. The van der Waals surface area contributed by atoms with Gasteiger partial charge in [0.05, 0.1) is 18.8 Å². The van der Waals surface area contributed by atoms with Crippen LogP contribution in [0.5, 0.6) is 11.5 Å². The summed E-state index contributed by atoms with van der Waals surface area (Å²) in [7, 11) is 1.56. The Hall–Kier alpha value is -1.75. The van der Waals surface area contributed by atoms with Crippen LogP contribution in [0, 0.1) is 0 Å². The molecule has 17 heavy (non-hydrogen) atoms. The second kappa shape index (κ2) is 6.75. The van der Waals surface area contributed by atoms with Crippen LogP contribution in [0.15, 0.2) is 18.2 Å². The molecule has 1 rings (SSSR count). The van der Waals surface area contributed by atoms with E-state index in [0.717, 1.165) is 0 Å². The third kappa shape index (κ3) is 3.96. The Morgan fingerprint density at radius 2 is 2.12 bits per heavy atom. The zero-order valence-corrected chi connectivity index (χ0v) is 9.93. The lowest BCUT2D eigenvalue weighted by Crippen LogP contribution is -2.06. The molecule has 0 radical (unpaired) electrons. The van der Waals surface area contributed by atoms with E-state index in [9.17, 15) is 9.90 Å². The van der Waals surface area contributed by atoms with Gasteiger partial charge in [0, 0.05) is 7.11 Å². The second-order valence-electron chi connectivity index (χ2n) is 3.24. The molecule has 1 aromatic rings. The molecule has 0 unspecified atom stereocenters. The van der Waals surface area contributed by atoms with Gasteiger partial charge in [0.25, 0.3) is 0 Å². The Bertz CT molecular complexity index is 375. The van der Waals surface area contributed by atoms with E-state index >= 15 is 0 Å². The minimum Gasteiger partial charge on any atom is -0.504 e. The number of esters is 1. The van der Waals surface area contributed by atoms with E-state index in [1.807, 2.05) is 0 Å². The molecule has 1 aromatic carbocycles. The zero-order chi connectivity index (χ0) is 12.7. The molecule has 5 heteroatoms. The quantitative estimate of drug-likeness (QED) is 0.604. The third-order valence-corrected chi connectivity index (χ3v) is 2.02. The topological polar surface area (TPSA) is 65.0 Å². The number of hydrogen-bond donors (Lipinski definition) is 1. The Kier molecular flexibility index (Phi) is 5.29. The fourth-order valence-electron chi connectivity index (χ4n) is 1.22. The molecule has 0 aromatic heterocycles. The Morgan fingerprint density at radius 1 is 1.35 bits per heavy atom. The highest BCUT2D eigenvalue weighted by molar-refractivity contribution is 5.90. The number of carbonyl (C=O) groups is 1. The predicted molar refractivity (Wildman–Crippen MR) is 61.4 cm³/mol. The van der Waals surface area contributed by atoms with Crippen LogP contribution in [0.25, 0.3) is 0 Å². The molecule has 0 heterocycles. The first-order valence-corrected chi connectivity index (χ1v) is 5.31. The first kappa shape index (κ1) is 13.3. The summed E-state index contributed by atoms with van der Waals surface area (Å²) >= 11 is 0. The number of rotatable bonds is 6. The number of phenolic OH excluding ortho intramolecular Hbond substituents is 1. The van der Waals surface area contributed by atoms with E-state index in [0.29, 0.717) is 31.1 Å². The molecule has 0 aliphatic rings. The molecular weight excluding hydrogens is 224 g/mol. The molecule has 0 bridgehead atoms. The van der Waals surface area contributed by atoms with Gasteiger partial charge in [-0.15, -0.1) is 0 Å². The van der Waals surface area contributed by atoms with Gasteiger partial charge in [-0.2, -0.15) is 0 Å². The lowest BCUT2D eigenvalue weighted by atomic mass is 10.2. The molecule has 0 fully saturated rings. The average Bonchev–Trinajstić information content (AvgIpc) is 2.31. The number of aromatic hydroxyl groups is 1. The molecule has 0 saturated heterocycles. The highest BCUT2D eigenvalue weighted by Crippen LogP contribution is 2.26. The lowest BCUT2D eigenvalue weighted by Gasteiger charge is -2.08. The lowest BCUT2D eigenvalue weighted by molar-refractivity contribution is 0.0525. The van der Waals surface area contributed by atoms with E-state index in [1.54, 1.807) is 20.1 Å². The molecule has 0 atom stereocenters. The summed E-state index contributed by atoms with van der Waals surface area (Å²) in [5.74, 6) is -0.243. The van der Waals surface area contributed by atoms with Crippen molar-refractivity contribution in [3.63, 3.8) is 0 Å². The fraction of sp³-hybridized carbons (Fsp3) is 0.417. The standard InChI is InChI=1S/C12H16O5/c1-3-16-12(14)9-4-5-11(10(13)8-9)17-7-6-15-2/h4-5,8,13H,3,6-7H2,1-2H3. The number of benzene rings is 1. The Morgan fingerprint density at radius 3 is 2.71 bits per heavy atom.